The van der Waals surface area contributed by atoms with Crippen LogP contribution in [0.25, 0.3) is 0 Å². The molecule has 3 aromatic rings. The third-order valence-electron chi connectivity index (χ3n) is 5.98. The van der Waals surface area contributed by atoms with Crippen LogP contribution in [0.2, 0.25) is 0 Å². The molecule has 0 saturated heterocycles. The number of fused-ring (bicyclic) bond motifs is 5. The molecule has 1 aliphatic carbocycles. The maximum absolute atomic E-state index is 2.51. The largest absolute Gasteiger partial charge is 0.338 e. The minimum atomic E-state index is 0.0717. The molecule has 1 spiro atoms. The van der Waals surface area contributed by atoms with E-state index in [4.69, 9.17) is 0 Å². The Hall–Kier alpha value is -2.54. The van der Waals surface area contributed by atoms with Gasteiger partial charge in [-0.2, -0.15) is 0 Å². The zero-order valence-electron chi connectivity index (χ0n) is 14.9. The highest BCUT2D eigenvalue weighted by Crippen LogP contribution is 2.55. The van der Waals surface area contributed by atoms with Crippen LogP contribution in [0, 0.1) is 0 Å². The van der Waals surface area contributed by atoms with Crippen LogP contribution in [0.1, 0.15) is 36.1 Å². The second kappa shape index (κ2) is 5.23. The number of para-hydroxylation sites is 2. The molecule has 0 amide bonds. The van der Waals surface area contributed by atoms with E-state index in [1.807, 2.05) is 0 Å². The summed E-state index contributed by atoms with van der Waals surface area (Å²) in [6.45, 7) is 4.57. The molecule has 0 N–H and O–H groups in total. The first-order valence-corrected chi connectivity index (χ1v) is 9.26. The van der Waals surface area contributed by atoms with Crippen molar-refractivity contribution in [2.24, 2.45) is 0 Å². The van der Waals surface area contributed by atoms with Crippen molar-refractivity contribution in [1.82, 2.24) is 0 Å². The molecule has 0 bridgehead atoms. The molecule has 1 nitrogen and oxygen atoms in total. The monoisotopic (exact) mass is 325 g/mol. The van der Waals surface area contributed by atoms with Crippen LogP contribution in [0.5, 0.6) is 0 Å². The van der Waals surface area contributed by atoms with Gasteiger partial charge in [-0.15, -0.1) is 0 Å². The van der Waals surface area contributed by atoms with Gasteiger partial charge >= 0.3 is 0 Å². The van der Waals surface area contributed by atoms with E-state index >= 15 is 0 Å². The molecule has 25 heavy (non-hydrogen) atoms. The minimum Gasteiger partial charge on any atom is -0.338 e. The summed E-state index contributed by atoms with van der Waals surface area (Å²) in [4.78, 5) is 2.51. The van der Waals surface area contributed by atoms with E-state index in [1.165, 1.54) is 33.6 Å². The highest BCUT2D eigenvalue weighted by molar-refractivity contribution is 5.79. The summed E-state index contributed by atoms with van der Waals surface area (Å²) in [5.41, 5.74) is 8.81. The van der Waals surface area contributed by atoms with Crippen LogP contribution in [0.3, 0.4) is 0 Å². The fourth-order valence-corrected chi connectivity index (χ4v) is 5.00. The van der Waals surface area contributed by atoms with Crippen LogP contribution in [0.4, 0.5) is 11.4 Å². The van der Waals surface area contributed by atoms with Crippen molar-refractivity contribution < 1.29 is 0 Å². The van der Waals surface area contributed by atoms with Gasteiger partial charge in [0.25, 0.3) is 0 Å². The Morgan fingerprint density at radius 1 is 0.680 bits per heavy atom. The van der Waals surface area contributed by atoms with Gasteiger partial charge in [0, 0.05) is 22.8 Å². The van der Waals surface area contributed by atoms with Gasteiger partial charge in [-0.25, -0.2) is 0 Å². The summed E-state index contributed by atoms with van der Waals surface area (Å²) in [5.74, 6) is 0. The van der Waals surface area contributed by atoms with Crippen molar-refractivity contribution in [3.8, 4) is 0 Å². The maximum Gasteiger partial charge on any atom is 0.0455 e. The first-order valence-electron chi connectivity index (χ1n) is 9.26. The lowest BCUT2D eigenvalue weighted by molar-refractivity contribution is 0.534. The predicted molar refractivity (Wildman–Crippen MR) is 105 cm³/mol. The Morgan fingerprint density at radius 3 is 1.60 bits per heavy atom. The van der Waals surface area contributed by atoms with Crippen LogP contribution in [-0.2, 0) is 18.3 Å². The van der Waals surface area contributed by atoms with Gasteiger partial charge < -0.3 is 4.90 Å². The van der Waals surface area contributed by atoms with Crippen molar-refractivity contribution in [3.63, 3.8) is 0 Å². The number of hydrogen-bond donors (Lipinski definition) is 0. The van der Waals surface area contributed by atoms with Gasteiger partial charge in [0.05, 0.1) is 0 Å². The number of rotatable bonds is 1. The Bertz CT molecular complexity index is 879. The molecule has 1 heteroatoms. The van der Waals surface area contributed by atoms with Crippen molar-refractivity contribution in [2.75, 3.05) is 4.90 Å². The molecule has 1 heterocycles. The van der Waals surface area contributed by atoms with Gasteiger partial charge in [-0.1, -0.05) is 60.7 Å². The lowest BCUT2D eigenvalue weighted by Crippen LogP contribution is -2.40. The first kappa shape index (κ1) is 14.8. The van der Waals surface area contributed by atoms with E-state index in [1.54, 1.807) is 0 Å². The molecule has 3 aromatic carbocycles. The number of nitrogens with zero attached hydrogens (tertiary/aromatic N) is 1. The SMILES string of the molecule is CC(C)N1c2ccccc2C2(Cc3ccccc3C2)c2ccccc21. The summed E-state index contributed by atoms with van der Waals surface area (Å²) in [6, 6.07) is 27.5. The molecule has 1 aliphatic heterocycles. The third-order valence-corrected chi connectivity index (χ3v) is 5.98. The molecular formula is C24H23N. The van der Waals surface area contributed by atoms with Crippen LogP contribution >= 0.6 is 0 Å². The zero-order valence-corrected chi connectivity index (χ0v) is 14.9. The second-order valence-corrected chi connectivity index (χ2v) is 7.70. The molecule has 0 unspecified atom stereocenters. The van der Waals surface area contributed by atoms with Gasteiger partial charge in [0.2, 0.25) is 0 Å². The summed E-state index contributed by atoms with van der Waals surface area (Å²) in [7, 11) is 0. The molecule has 0 aromatic heterocycles. The number of hydrogen-bond acceptors (Lipinski definition) is 1. The highest BCUT2D eigenvalue weighted by atomic mass is 15.2. The number of benzene rings is 3. The maximum atomic E-state index is 2.51. The molecule has 0 fully saturated rings. The molecule has 5 rings (SSSR count). The Balaban J connectivity index is 1.81. The quantitative estimate of drug-likeness (QED) is 0.560. The average molecular weight is 325 g/mol. The molecule has 124 valence electrons. The fraction of sp³-hybridized carbons (Fsp3) is 0.250. The lowest BCUT2D eigenvalue weighted by Gasteiger charge is -2.45. The van der Waals surface area contributed by atoms with Crippen molar-refractivity contribution >= 4 is 11.4 Å². The average Bonchev–Trinajstić information content (AvgIpc) is 3.02. The van der Waals surface area contributed by atoms with Crippen LogP contribution in [-0.4, -0.2) is 6.04 Å². The molecule has 0 saturated carbocycles. The summed E-state index contributed by atoms with van der Waals surface area (Å²) in [6.07, 6.45) is 2.20. The van der Waals surface area contributed by atoms with E-state index < -0.39 is 0 Å². The standard InChI is InChI=1S/C24H23N/c1-17(2)25-22-13-7-5-11-20(22)24(21-12-6-8-14-23(21)25)15-18-9-3-4-10-19(18)16-24/h3-14,17H,15-16H2,1-2H3. The molecule has 0 radical (unpaired) electrons. The Morgan fingerprint density at radius 2 is 1.12 bits per heavy atom. The van der Waals surface area contributed by atoms with Crippen molar-refractivity contribution in [1.29, 1.82) is 0 Å². The second-order valence-electron chi connectivity index (χ2n) is 7.70. The van der Waals surface area contributed by atoms with E-state index in [0.29, 0.717) is 6.04 Å². The smallest absolute Gasteiger partial charge is 0.0455 e. The van der Waals surface area contributed by atoms with Crippen LogP contribution < -0.4 is 4.90 Å². The zero-order chi connectivity index (χ0) is 17.0. The topological polar surface area (TPSA) is 3.24 Å². The lowest BCUT2D eigenvalue weighted by atomic mass is 9.68. The van der Waals surface area contributed by atoms with E-state index in [-0.39, 0.29) is 5.41 Å². The van der Waals surface area contributed by atoms with Crippen molar-refractivity contribution in [2.45, 2.75) is 38.1 Å². The molecular weight excluding hydrogens is 302 g/mol. The Labute approximate surface area is 149 Å². The number of anilines is 2. The highest BCUT2D eigenvalue weighted by Gasteiger charge is 2.46. The predicted octanol–water partition coefficient (Wildman–Crippen LogP) is 5.63. The first-order chi connectivity index (χ1) is 12.2. The normalized spacial score (nSPS) is 16.7. The fourth-order valence-electron chi connectivity index (χ4n) is 5.00. The third kappa shape index (κ3) is 1.96. The Kier molecular flexibility index (Phi) is 3.09. The van der Waals surface area contributed by atoms with Crippen molar-refractivity contribution in [3.05, 3.63) is 95.1 Å². The molecule has 0 atom stereocenters. The van der Waals surface area contributed by atoms with Gasteiger partial charge in [0.15, 0.2) is 0 Å². The van der Waals surface area contributed by atoms with E-state index in [0.717, 1.165) is 12.8 Å². The van der Waals surface area contributed by atoms with Gasteiger partial charge in [-0.3, -0.25) is 0 Å². The van der Waals surface area contributed by atoms with E-state index in [9.17, 15) is 0 Å². The summed E-state index contributed by atoms with van der Waals surface area (Å²) in [5, 5.41) is 0. The van der Waals surface area contributed by atoms with E-state index in [2.05, 4.69) is 91.5 Å². The van der Waals surface area contributed by atoms with Gasteiger partial charge in [0.1, 0.15) is 0 Å². The summed E-state index contributed by atoms with van der Waals surface area (Å²) < 4.78 is 0. The summed E-state index contributed by atoms with van der Waals surface area (Å²) >= 11 is 0. The minimum absolute atomic E-state index is 0.0717. The van der Waals surface area contributed by atoms with Crippen LogP contribution in [0.15, 0.2) is 72.8 Å². The van der Waals surface area contributed by atoms with Gasteiger partial charge in [-0.05, 0) is 61.1 Å². The molecule has 2 aliphatic rings.